The molecule has 0 atom stereocenters. The van der Waals surface area contributed by atoms with Crippen LogP contribution in [-0.2, 0) is 4.79 Å². The van der Waals surface area contributed by atoms with Crippen molar-refractivity contribution in [1.29, 1.82) is 0 Å². The Kier molecular flexibility index (Phi) is 7.10. The normalized spacial score (nSPS) is 10.5. The zero-order chi connectivity index (χ0) is 24.8. The first-order valence-electron chi connectivity index (χ1n) is 10.8. The molecule has 0 bridgehead atoms. The van der Waals surface area contributed by atoms with Gasteiger partial charge in [0.15, 0.2) is 0 Å². The van der Waals surface area contributed by atoms with Crippen LogP contribution in [0.3, 0.4) is 0 Å². The summed E-state index contributed by atoms with van der Waals surface area (Å²) in [7, 11) is 0. The molecule has 4 rings (SSSR count). The summed E-state index contributed by atoms with van der Waals surface area (Å²) in [5.41, 5.74) is 3.90. The molecule has 0 saturated heterocycles. The van der Waals surface area contributed by atoms with Crippen LogP contribution in [-0.4, -0.2) is 27.4 Å². The second-order valence-corrected chi connectivity index (χ2v) is 7.72. The molecule has 10 heteroatoms. The lowest BCUT2D eigenvalue weighted by molar-refractivity contribution is -0.114. The predicted octanol–water partition coefficient (Wildman–Crippen LogP) is 5.30. The number of benzene rings is 3. The standard InChI is InChI=1S/C25H23F2N7O/c1-15-4-3-5-21(16(15)2)31-22(35)14-28-23-32-24(29-19-10-6-17(26)7-11-19)34-25(33-23)30-20-12-8-18(27)9-13-20/h3-13H,14H2,1-2H3,(H,31,35)(H3,28,29,30,32,33,34). The largest absolute Gasteiger partial charge is 0.345 e. The fraction of sp³-hybridized carbons (Fsp3) is 0.120. The highest BCUT2D eigenvalue weighted by molar-refractivity contribution is 5.94. The van der Waals surface area contributed by atoms with Gasteiger partial charge in [-0.3, -0.25) is 4.79 Å². The van der Waals surface area contributed by atoms with Crippen molar-refractivity contribution >= 4 is 40.8 Å². The summed E-state index contributed by atoms with van der Waals surface area (Å²) in [4.78, 5) is 25.4. The SMILES string of the molecule is Cc1cccc(NC(=O)CNc2nc(Nc3ccc(F)cc3)nc(Nc3ccc(F)cc3)n2)c1C. The van der Waals surface area contributed by atoms with E-state index in [0.717, 1.165) is 16.8 Å². The lowest BCUT2D eigenvalue weighted by atomic mass is 10.1. The van der Waals surface area contributed by atoms with Gasteiger partial charge in [-0.1, -0.05) is 12.1 Å². The molecule has 0 saturated carbocycles. The van der Waals surface area contributed by atoms with Gasteiger partial charge in [0.1, 0.15) is 11.6 Å². The van der Waals surface area contributed by atoms with E-state index in [0.29, 0.717) is 11.4 Å². The Morgan fingerprint density at radius 1 is 0.743 bits per heavy atom. The first kappa shape index (κ1) is 23.6. The summed E-state index contributed by atoms with van der Waals surface area (Å²) in [5, 5.41) is 11.7. The quantitative estimate of drug-likeness (QED) is 0.274. The first-order chi connectivity index (χ1) is 16.9. The van der Waals surface area contributed by atoms with Gasteiger partial charge in [0, 0.05) is 17.1 Å². The van der Waals surface area contributed by atoms with Crippen LogP contribution in [0.1, 0.15) is 11.1 Å². The zero-order valence-corrected chi connectivity index (χ0v) is 19.1. The van der Waals surface area contributed by atoms with Gasteiger partial charge in [0.05, 0.1) is 6.54 Å². The third kappa shape index (κ3) is 6.47. The lowest BCUT2D eigenvalue weighted by Gasteiger charge is -2.13. The highest BCUT2D eigenvalue weighted by atomic mass is 19.1. The van der Waals surface area contributed by atoms with Crippen molar-refractivity contribution in [2.24, 2.45) is 0 Å². The molecule has 178 valence electrons. The third-order valence-corrected chi connectivity index (χ3v) is 5.12. The van der Waals surface area contributed by atoms with Gasteiger partial charge < -0.3 is 21.3 Å². The van der Waals surface area contributed by atoms with Gasteiger partial charge >= 0.3 is 0 Å². The van der Waals surface area contributed by atoms with Crippen LogP contribution in [0.15, 0.2) is 66.7 Å². The lowest BCUT2D eigenvalue weighted by Crippen LogP contribution is -2.23. The fourth-order valence-corrected chi connectivity index (χ4v) is 3.13. The van der Waals surface area contributed by atoms with Crippen LogP contribution < -0.4 is 21.3 Å². The topological polar surface area (TPSA) is 104 Å². The number of nitrogens with zero attached hydrogens (tertiary/aromatic N) is 3. The number of hydrogen-bond acceptors (Lipinski definition) is 7. The summed E-state index contributed by atoms with van der Waals surface area (Å²) < 4.78 is 26.5. The number of anilines is 6. The van der Waals surface area contributed by atoms with Crippen molar-refractivity contribution in [2.75, 3.05) is 27.8 Å². The maximum Gasteiger partial charge on any atom is 0.243 e. The van der Waals surface area contributed by atoms with Crippen molar-refractivity contribution in [1.82, 2.24) is 15.0 Å². The number of carbonyl (C=O) groups is 1. The maximum absolute atomic E-state index is 13.3. The van der Waals surface area contributed by atoms with Crippen LogP contribution in [0.25, 0.3) is 0 Å². The minimum atomic E-state index is -0.373. The van der Waals surface area contributed by atoms with Crippen molar-refractivity contribution in [2.45, 2.75) is 13.8 Å². The van der Waals surface area contributed by atoms with Gasteiger partial charge in [-0.15, -0.1) is 0 Å². The molecule has 0 aliphatic heterocycles. The average molecular weight is 476 g/mol. The Balaban J connectivity index is 1.52. The number of carbonyl (C=O) groups excluding carboxylic acids is 1. The molecule has 0 spiro atoms. The molecular formula is C25H23F2N7O. The molecule has 1 heterocycles. The van der Waals surface area contributed by atoms with E-state index in [2.05, 4.69) is 36.2 Å². The molecule has 35 heavy (non-hydrogen) atoms. The van der Waals surface area contributed by atoms with Crippen molar-refractivity contribution in [3.8, 4) is 0 Å². The Morgan fingerprint density at radius 3 is 1.80 bits per heavy atom. The third-order valence-electron chi connectivity index (χ3n) is 5.12. The molecule has 0 aliphatic rings. The minimum Gasteiger partial charge on any atom is -0.345 e. The smallest absolute Gasteiger partial charge is 0.243 e. The van der Waals surface area contributed by atoms with Crippen LogP contribution in [0.5, 0.6) is 0 Å². The molecule has 0 radical (unpaired) electrons. The number of amides is 1. The summed E-state index contributed by atoms with van der Waals surface area (Å²) in [6, 6.07) is 17.0. The van der Waals surface area contributed by atoms with Gasteiger partial charge in [-0.05, 0) is 79.6 Å². The highest BCUT2D eigenvalue weighted by Crippen LogP contribution is 2.20. The van der Waals surface area contributed by atoms with E-state index in [1.54, 1.807) is 0 Å². The Hall–Kier alpha value is -4.60. The summed E-state index contributed by atoms with van der Waals surface area (Å²) in [6.07, 6.45) is 0. The van der Waals surface area contributed by atoms with Gasteiger partial charge in [0.25, 0.3) is 0 Å². The van der Waals surface area contributed by atoms with Gasteiger partial charge in [0.2, 0.25) is 23.8 Å². The van der Waals surface area contributed by atoms with E-state index in [1.807, 2.05) is 32.0 Å². The molecular weight excluding hydrogens is 452 g/mol. The molecule has 4 aromatic rings. The average Bonchev–Trinajstić information content (AvgIpc) is 2.84. The molecule has 1 amide bonds. The van der Waals surface area contributed by atoms with Crippen LogP contribution in [0, 0.1) is 25.5 Å². The summed E-state index contributed by atoms with van der Waals surface area (Å²) in [6.45, 7) is 3.81. The molecule has 8 nitrogen and oxygen atoms in total. The second kappa shape index (κ2) is 10.6. The molecule has 0 fully saturated rings. The van der Waals surface area contributed by atoms with Gasteiger partial charge in [-0.2, -0.15) is 15.0 Å². The summed E-state index contributed by atoms with van der Waals surface area (Å²) >= 11 is 0. The van der Waals surface area contributed by atoms with Crippen molar-refractivity contribution in [3.63, 3.8) is 0 Å². The molecule has 1 aromatic heterocycles. The molecule has 0 aliphatic carbocycles. The number of aromatic nitrogens is 3. The van der Waals surface area contributed by atoms with Crippen molar-refractivity contribution < 1.29 is 13.6 Å². The van der Waals surface area contributed by atoms with Crippen LogP contribution in [0.4, 0.5) is 43.7 Å². The highest BCUT2D eigenvalue weighted by Gasteiger charge is 2.11. The number of aryl methyl sites for hydroxylation is 1. The predicted molar refractivity (Wildman–Crippen MR) is 132 cm³/mol. The van der Waals surface area contributed by atoms with Gasteiger partial charge in [-0.25, -0.2) is 8.78 Å². The zero-order valence-electron chi connectivity index (χ0n) is 19.1. The number of rotatable bonds is 8. The van der Waals surface area contributed by atoms with E-state index in [9.17, 15) is 13.6 Å². The number of halogens is 2. The maximum atomic E-state index is 13.3. The summed E-state index contributed by atoms with van der Waals surface area (Å²) in [5.74, 6) is -0.572. The minimum absolute atomic E-state index is 0.0939. The molecule has 3 aromatic carbocycles. The van der Waals surface area contributed by atoms with Crippen LogP contribution >= 0.6 is 0 Å². The Bertz CT molecular complexity index is 1260. The van der Waals surface area contributed by atoms with E-state index in [4.69, 9.17) is 0 Å². The molecule has 0 unspecified atom stereocenters. The molecule has 4 N–H and O–H groups in total. The van der Waals surface area contributed by atoms with Crippen LogP contribution in [0.2, 0.25) is 0 Å². The first-order valence-corrected chi connectivity index (χ1v) is 10.8. The Labute approximate surface area is 200 Å². The monoisotopic (exact) mass is 475 g/mol. The van der Waals surface area contributed by atoms with E-state index in [1.165, 1.54) is 48.5 Å². The Morgan fingerprint density at radius 2 is 1.26 bits per heavy atom. The fourth-order valence-electron chi connectivity index (χ4n) is 3.13. The number of hydrogen-bond donors (Lipinski definition) is 4. The second-order valence-electron chi connectivity index (χ2n) is 7.72. The van der Waals surface area contributed by atoms with E-state index in [-0.39, 0.29) is 41.9 Å². The number of nitrogens with one attached hydrogen (secondary N) is 4. The van der Waals surface area contributed by atoms with E-state index >= 15 is 0 Å². The van der Waals surface area contributed by atoms with Crippen molar-refractivity contribution in [3.05, 3.63) is 89.5 Å². The van der Waals surface area contributed by atoms with E-state index < -0.39 is 0 Å².